The van der Waals surface area contributed by atoms with Gasteiger partial charge in [-0.15, -0.1) is 0 Å². The Kier molecular flexibility index (Phi) is 4.81. The molecule has 0 bridgehead atoms. The fourth-order valence-electron chi connectivity index (χ4n) is 1.60. The van der Waals surface area contributed by atoms with Gasteiger partial charge in [0.25, 0.3) is 0 Å². The molecule has 0 aliphatic rings. The normalized spacial score (nSPS) is 10.2. The molecule has 0 N–H and O–H groups in total. The van der Waals surface area contributed by atoms with E-state index in [0.29, 0.717) is 0 Å². The Labute approximate surface area is 110 Å². The molecule has 0 aliphatic heterocycles. The minimum Gasteiger partial charge on any atom is -0.468 e. The lowest BCUT2D eigenvalue weighted by Gasteiger charge is -2.28. The summed E-state index contributed by atoms with van der Waals surface area (Å²) in [6.07, 6.45) is 0. The van der Waals surface area contributed by atoms with Crippen molar-refractivity contribution in [2.45, 2.75) is 19.9 Å². The third kappa shape index (κ3) is 3.19. The largest absolute Gasteiger partial charge is 0.468 e. The number of nitriles is 1. The van der Waals surface area contributed by atoms with Crippen LogP contribution in [-0.4, -0.2) is 25.7 Å². The molecular formula is C13H14F2N2O2. The first kappa shape index (κ1) is 14.9. The quantitative estimate of drug-likeness (QED) is 0.786. The summed E-state index contributed by atoms with van der Waals surface area (Å²) in [5.74, 6) is -2.91. The summed E-state index contributed by atoms with van der Waals surface area (Å²) in [6, 6.07) is 3.78. The smallest absolute Gasteiger partial charge is 0.325 e. The summed E-state index contributed by atoms with van der Waals surface area (Å²) >= 11 is 0. The molecule has 0 spiro atoms. The minimum absolute atomic E-state index is 0.0723. The number of hydrogen-bond acceptors (Lipinski definition) is 4. The molecule has 1 aromatic carbocycles. The van der Waals surface area contributed by atoms with Gasteiger partial charge in [-0.1, -0.05) is 0 Å². The van der Waals surface area contributed by atoms with Crippen molar-refractivity contribution < 1.29 is 18.3 Å². The molecule has 0 radical (unpaired) electrons. The second-order valence-corrected chi connectivity index (χ2v) is 4.17. The number of nitrogens with zero attached hydrogens (tertiary/aromatic N) is 2. The number of methoxy groups -OCH3 is 1. The van der Waals surface area contributed by atoms with Gasteiger partial charge in [-0.05, 0) is 26.0 Å². The van der Waals surface area contributed by atoms with Crippen LogP contribution in [0.1, 0.15) is 19.4 Å². The molecule has 19 heavy (non-hydrogen) atoms. The number of carbonyl (C=O) groups excluding carboxylic acids is 1. The first-order valence-electron chi connectivity index (χ1n) is 5.64. The SMILES string of the molecule is COC(=O)CN(c1ccc(C#N)c(F)c1F)C(C)C. The van der Waals surface area contributed by atoms with E-state index in [2.05, 4.69) is 4.74 Å². The van der Waals surface area contributed by atoms with Crippen LogP contribution >= 0.6 is 0 Å². The molecule has 0 fully saturated rings. The van der Waals surface area contributed by atoms with Gasteiger partial charge >= 0.3 is 5.97 Å². The maximum absolute atomic E-state index is 13.9. The Balaban J connectivity index is 3.21. The number of halogens is 2. The zero-order valence-corrected chi connectivity index (χ0v) is 10.9. The van der Waals surface area contributed by atoms with Crippen molar-refractivity contribution in [2.75, 3.05) is 18.6 Å². The van der Waals surface area contributed by atoms with E-state index in [1.54, 1.807) is 19.9 Å². The third-order valence-electron chi connectivity index (χ3n) is 2.64. The molecule has 0 saturated heterocycles. The van der Waals surface area contributed by atoms with Gasteiger partial charge in [0.1, 0.15) is 12.6 Å². The Bertz CT molecular complexity index is 524. The summed E-state index contributed by atoms with van der Waals surface area (Å²) in [5, 5.41) is 8.62. The highest BCUT2D eigenvalue weighted by atomic mass is 19.2. The molecule has 1 rings (SSSR count). The fourth-order valence-corrected chi connectivity index (χ4v) is 1.60. The lowest BCUT2D eigenvalue weighted by Crippen LogP contribution is -2.37. The standard InChI is InChI=1S/C13H14F2N2O2/c1-8(2)17(7-11(18)19-3)10-5-4-9(6-16)12(14)13(10)15/h4-5,8H,7H2,1-3H3. The molecule has 0 heterocycles. The van der Waals surface area contributed by atoms with E-state index in [9.17, 15) is 13.6 Å². The van der Waals surface area contributed by atoms with E-state index in [1.165, 1.54) is 24.1 Å². The van der Waals surface area contributed by atoms with Crippen molar-refractivity contribution in [1.29, 1.82) is 5.26 Å². The number of ether oxygens (including phenoxy) is 1. The van der Waals surface area contributed by atoms with Crippen molar-refractivity contribution in [3.8, 4) is 6.07 Å². The maximum Gasteiger partial charge on any atom is 0.325 e. The zero-order chi connectivity index (χ0) is 14.6. The van der Waals surface area contributed by atoms with E-state index in [0.717, 1.165) is 0 Å². The highest BCUT2D eigenvalue weighted by Gasteiger charge is 2.22. The van der Waals surface area contributed by atoms with Gasteiger partial charge in [0.2, 0.25) is 0 Å². The third-order valence-corrected chi connectivity index (χ3v) is 2.64. The molecule has 0 amide bonds. The molecule has 102 valence electrons. The topological polar surface area (TPSA) is 53.3 Å². The van der Waals surface area contributed by atoms with Crippen molar-refractivity contribution >= 4 is 11.7 Å². The van der Waals surface area contributed by atoms with Gasteiger partial charge in [0.15, 0.2) is 11.6 Å². The van der Waals surface area contributed by atoms with Crippen molar-refractivity contribution in [3.63, 3.8) is 0 Å². The second-order valence-electron chi connectivity index (χ2n) is 4.17. The average Bonchev–Trinajstić information content (AvgIpc) is 2.39. The Morgan fingerprint density at radius 3 is 2.53 bits per heavy atom. The van der Waals surface area contributed by atoms with Crippen molar-refractivity contribution in [3.05, 3.63) is 29.3 Å². The van der Waals surface area contributed by atoms with Gasteiger partial charge < -0.3 is 9.64 Å². The first-order chi connectivity index (χ1) is 8.92. The van der Waals surface area contributed by atoms with Crippen LogP contribution in [0.2, 0.25) is 0 Å². The predicted molar refractivity (Wildman–Crippen MR) is 65.6 cm³/mol. The van der Waals surface area contributed by atoms with Crippen LogP contribution in [0.15, 0.2) is 12.1 Å². The van der Waals surface area contributed by atoms with Crippen LogP contribution in [0.5, 0.6) is 0 Å². The molecule has 0 aromatic heterocycles. The number of benzene rings is 1. The van der Waals surface area contributed by atoms with Crippen LogP contribution in [0.3, 0.4) is 0 Å². The van der Waals surface area contributed by atoms with Crippen LogP contribution in [0, 0.1) is 23.0 Å². The number of anilines is 1. The summed E-state index contributed by atoms with van der Waals surface area (Å²) in [6.45, 7) is 3.27. The molecular weight excluding hydrogens is 254 g/mol. The summed E-state index contributed by atoms with van der Waals surface area (Å²) < 4.78 is 32.0. The summed E-state index contributed by atoms with van der Waals surface area (Å²) in [7, 11) is 1.22. The van der Waals surface area contributed by atoms with E-state index in [-0.39, 0.29) is 23.8 Å². The Morgan fingerprint density at radius 1 is 1.42 bits per heavy atom. The first-order valence-corrected chi connectivity index (χ1v) is 5.64. The number of carbonyl (C=O) groups is 1. The van der Waals surface area contributed by atoms with Gasteiger partial charge in [-0.2, -0.15) is 5.26 Å². The minimum atomic E-state index is -1.21. The van der Waals surface area contributed by atoms with E-state index < -0.39 is 17.6 Å². The second kappa shape index (κ2) is 6.14. The molecule has 4 nitrogen and oxygen atoms in total. The van der Waals surface area contributed by atoms with Crippen molar-refractivity contribution in [2.24, 2.45) is 0 Å². The van der Waals surface area contributed by atoms with Crippen LogP contribution < -0.4 is 4.90 Å². The average molecular weight is 268 g/mol. The molecule has 0 aliphatic carbocycles. The van der Waals surface area contributed by atoms with Crippen molar-refractivity contribution in [1.82, 2.24) is 0 Å². The highest BCUT2D eigenvalue weighted by molar-refractivity contribution is 5.76. The molecule has 6 heteroatoms. The van der Waals surface area contributed by atoms with Crippen LogP contribution in [0.25, 0.3) is 0 Å². The van der Waals surface area contributed by atoms with E-state index >= 15 is 0 Å². The monoisotopic (exact) mass is 268 g/mol. The summed E-state index contributed by atoms with van der Waals surface area (Å²) in [4.78, 5) is 12.7. The van der Waals surface area contributed by atoms with E-state index in [4.69, 9.17) is 5.26 Å². The van der Waals surface area contributed by atoms with Crippen LogP contribution in [0.4, 0.5) is 14.5 Å². The van der Waals surface area contributed by atoms with Gasteiger partial charge in [-0.25, -0.2) is 8.78 Å². The summed E-state index contributed by atoms with van der Waals surface area (Å²) in [5.41, 5.74) is -0.445. The molecule has 1 aromatic rings. The number of esters is 1. The number of rotatable bonds is 4. The zero-order valence-electron chi connectivity index (χ0n) is 10.9. The maximum atomic E-state index is 13.9. The Hall–Kier alpha value is -2.16. The lowest BCUT2D eigenvalue weighted by molar-refractivity contribution is -0.139. The number of hydrogen-bond donors (Lipinski definition) is 0. The molecule has 0 saturated carbocycles. The Morgan fingerprint density at radius 2 is 2.05 bits per heavy atom. The molecule has 0 unspecified atom stereocenters. The highest BCUT2D eigenvalue weighted by Crippen LogP contribution is 2.25. The van der Waals surface area contributed by atoms with Gasteiger partial charge in [0.05, 0.1) is 18.4 Å². The fraction of sp³-hybridized carbons (Fsp3) is 0.385. The van der Waals surface area contributed by atoms with Gasteiger partial charge in [0, 0.05) is 6.04 Å². The molecule has 0 atom stereocenters. The lowest BCUT2D eigenvalue weighted by atomic mass is 10.1. The van der Waals surface area contributed by atoms with Crippen LogP contribution in [-0.2, 0) is 9.53 Å². The predicted octanol–water partition coefficient (Wildman–Crippen LogP) is 2.22. The van der Waals surface area contributed by atoms with Gasteiger partial charge in [-0.3, -0.25) is 4.79 Å². The van der Waals surface area contributed by atoms with E-state index in [1.807, 2.05) is 0 Å².